The second-order valence-corrected chi connectivity index (χ2v) is 7.24. The number of nitrogens with two attached hydrogens (primary N) is 1. The van der Waals surface area contributed by atoms with Crippen molar-refractivity contribution >= 4 is 13.5 Å². The van der Waals surface area contributed by atoms with Gasteiger partial charge in [0.1, 0.15) is 0 Å². The van der Waals surface area contributed by atoms with E-state index in [1.165, 1.54) is 4.45 Å². The van der Waals surface area contributed by atoms with Gasteiger partial charge in [0.15, 0.2) is 5.82 Å². The Kier molecular flexibility index (Phi) is 4.30. The normalized spacial score (nSPS) is 12.6. The maximum absolute atomic E-state index is 12.9. The standard InChI is InChI=1S/C9H21N6OP/c1-6-7-8-11-9(10)15(12-8)17(16,13(2)3)14(4)5/h6-7H2,1-5H3,(H2,10,11,12). The van der Waals surface area contributed by atoms with Crippen LogP contribution in [0.3, 0.4) is 0 Å². The van der Waals surface area contributed by atoms with Gasteiger partial charge >= 0.3 is 7.59 Å². The van der Waals surface area contributed by atoms with E-state index < -0.39 is 7.59 Å². The van der Waals surface area contributed by atoms with Crippen LogP contribution in [-0.4, -0.2) is 52.1 Å². The zero-order valence-electron chi connectivity index (χ0n) is 11.1. The summed E-state index contributed by atoms with van der Waals surface area (Å²) in [5.74, 6) is 0.827. The van der Waals surface area contributed by atoms with Gasteiger partial charge < -0.3 is 5.73 Å². The molecule has 2 N–H and O–H groups in total. The van der Waals surface area contributed by atoms with Gasteiger partial charge in [-0.25, -0.2) is 9.34 Å². The summed E-state index contributed by atoms with van der Waals surface area (Å²) in [7, 11) is 3.98. The second-order valence-electron chi connectivity index (χ2n) is 4.23. The van der Waals surface area contributed by atoms with E-state index in [2.05, 4.69) is 10.1 Å². The van der Waals surface area contributed by atoms with Gasteiger partial charge in [0, 0.05) is 6.42 Å². The molecular formula is C9H21N6OP. The molecule has 0 atom stereocenters. The zero-order valence-corrected chi connectivity index (χ0v) is 12.0. The Morgan fingerprint density at radius 2 is 1.82 bits per heavy atom. The molecule has 0 amide bonds. The molecule has 0 radical (unpaired) electrons. The molecule has 98 valence electrons. The highest BCUT2D eigenvalue weighted by Gasteiger charge is 2.34. The Hall–Kier alpha value is -0.910. The van der Waals surface area contributed by atoms with Crippen LogP contribution in [0, 0.1) is 0 Å². The van der Waals surface area contributed by atoms with Crippen LogP contribution in [0.1, 0.15) is 19.2 Å². The largest absolute Gasteiger partial charge is 0.368 e. The number of nitrogen functional groups attached to an aromatic ring is 1. The van der Waals surface area contributed by atoms with Gasteiger partial charge in [-0.1, -0.05) is 6.92 Å². The molecule has 0 aliphatic heterocycles. The van der Waals surface area contributed by atoms with E-state index >= 15 is 0 Å². The quantitative estimate of drug-likeness (QED) is 0.792. The number of hydrogen-bond donors (Lipinski definition) is 1. The van der Waals surface area contributed by atoms with Crippen molar-refractivity contribution in [1.82, 2.24) is 23.9 Å². The molecule has 0 saturated carbocycles. The average molecular weight is 260 g/mol. The summed E-state index contributed by atoms with van der Waals surface area (Å²) in [5.41, 5.74) is 5.80. The fourth-order valence-electron chi connectivity index (χ4n) is 1.58. The first-order valence-corrected chi connectivity index (χ1v) is 7.08. The lowest BCUT2D eigenvalue weighted by molar-refractivity contribution is 0.431. The SMILES string of the molecule is CCCc1nc(N)n(P(=O)(N(C)C)N(C)C)n1. The molecule has 8 heteroatoms. The smallest absolute Gasteiger partial charge is 0.332 e. The number of hydrogen-bond acceptors (Lipinski definition) is 4. The number of anilines is 1. The minimum absolute atomic E-state index is 0.194. The Balaban J connectivity index is 3.25. The molecule has 1 rings (SSSR count). The van der Waals surface area contributed by atoms with Crippen LogP contribution >= 0.6 is 7.59 Å². The first kappa shape index (κ1) is 14.2. The van der Waals surface area contributed by atoms with Gasteiger partial charge in [-0.05, 0) is 34.6 Å². The monoisotopic (exact) mass is 260 g/mol. The molecule has 17 heavy (non-hydrogen) atoms. The van der Waals surface area contributed by atoms with Crippen molar-refractivity contribution in [3.8, 4) is 0 Å². The molecule has 0 bridgehead atoms. The van der Waals surface area contributed by atoms with E-state index in [0.717, 1.165) is 12.8 Å². The lowest BCUT2D eigenvalue weighted by atomic mass is 10.3. The van der Waals surface area contributed by atoms with E-state index in [4.69, 9.17) is 5.73 Å². The third-order valence-corrected chi connectivity index (χ3v) is 5.29. The van der Waals surface area contributed by atoms with E-state index in [1.807, 2.05) is 6.92 Å². The Bertz CT molecular complexity index is 415. The predicted molar refractivity (Wildman–Crippen MR) is 68.8 cm³/mol. The van der Waals surface area contributed by atoms with Gasteiger partial charge in [0.25, 0.3) is 0 Å². The maximum Gasteiger partial charge on any atom is 0.332 e. The third kappa shape index (κ3) is 2.51. The second kappa shape index (κ2) is 5.16. The fourth-order valence-corrected chi connectivity index (χ4v) is 3.50. The first-order chi connectivity index (χ1) is 7.83. The summed E-state index contributed by atoms with van der Waals surface area (Å²) in [4.78, 5) is 4.14. The van der Waals surface area contributed by atoms with Crippen molar-refractivity contribution < 1.29 is 4.57 Å². The fraction of sp³-hybridized carbons (Fsp3) is 0.778. The summed E-state index contributed by atoms with van der Waals surface area (Å²) >= 11 is 0. The van der Waals surface area contributed by atoms with E-state index in [-0.39, 0.29) is 5.95 Å². The molecule has 1 aromatic rings. The van der Waals surface area contributed by atoms with Gasteiger partial charge in [0.2, 0.25) is 5.95 Å². The highest BCUT2D eigenvalue weighted by atomic mass is 31.2. The van der Waals surface area contributed by atoms with Gasteiger partial charge in [-0.15, -0.1) is 5.10 Å². The highest BCUT2D eigenvalue weighted by molar-refractivity contribution is 7.57. The van der Waals surface area contributed by atoms with Crippen molar-refractivity contribution in [2.45, 2.75) is 19.8 Å². The molecule has 0 fully saturated rings. The Morgan fingerprint density at radius 3 is 2.24 bits per heavy atom. The molecule has 1 aromatic heterocycles. The van der Waals surface area contributed by atoms with Crippen LogP contribution in [0.15, 0.2) is 0 Å². The molecule has 7 nitrogen and oxygen atoms in total. The maximum atomic E-state index is 12.9. The summed E-state index contributed by atoms with van der Waals surface area (Å²) in [5, 5.41) is 4.25. The lowest BCUT2D eigenvalue weighted by Gasteiger charge is -2.29. The molecule has 0 aliphatic rings. The number of nitrogens with zero attached hydrogens (tertiary/aromatic N) is 5. The van der Waals surface area contributed by atoms with Crippen molar-refractivity contribution in [3.63, 3.8) is 0 Å². The minimum Gasteiger partial charge on any atom is -0.368 e. The van der Waals surface area contributed by atoms with Crippen LogP contribution < -0.4 is 5.73 Å². The van der Waals surface area contributed by atoms with Gasteiger partial charge in [0.05, 0.1) is 0 Å². The topological polar surface area (TPSA) is 80.3 Å². The summed E-state index contributed by atoms with van der Waals surface area (Å²) in [6, 6.07) is 0. The number of aryl methyl sites for hydroxylation is 1. The number of aromatic nitrogens is 3. The van der Waals surface area contributed by atoms with Crippen LogP contribution in [0.4, 0.5) is 5.95 Å². The zero-order chi connectivity index (χ0) is 13.2. The Morgan fingerprint density at radius 1 is 1.29 bits per heavy atom. The molecule has 0 aliphatic carbocycles. The molecule has 0 aromatic carbocycles. The lowest BCUT2D eigenvalue weighted by Crippen LogP contribution is -2.27. The minimum atomic E-state index is -2.97. The number of rotatable bonds is 5. The van der Waals surface area contributed by atoms with Gasteiger partial charge in [-0.3, -0.25) is 4.57 Å². The summed E-state index contributed by atoms with van der Waals surface area (Å²) in [6.45, 7) is 2.04. The Labute approximate surface area is 102 Å². The predicted octanol–water partition coefficient (Wildman–Crippen LogP) is 0.892. The van der Waals surface area contributed by atoms with Crippen molar-refractivity contribution in [1.29, 1.82) is 0 Å². The van der Waals surface area contributed by atoms with E-state index in [9.17, 15) is 4.57 Å². The highest BCUT2D eigenvalue weighted by Crippen LogP contribution is 2.51. The van der Waals surface area contributed by atoms with Crippen LogP contribution in [0.25, 0.3) is 0 Å². The van der Waals surface area contributed by atoms with Crippen molar-refractivity contribution in [2.75, 3.05) is 33.9 Å². The summed E-state index contributed by atoms with van der Waals surface area (Å²) in [6.07, 6.45) is 1.66. The third-order valence-electron chi connectivity index (χ3n) is 2.42. The van der Waals surface area contributed by atoms with E-state index in [0.29, 0.717) is 5.82 Å². The van der Waals surface area contributed by atoms with Crippen LogP contribution in [0.2, 0.25) is 0 Å². The van der Waals surface area contributed by atoms with Crippen LogP contribution in [0.5, 0.6) is 0 Å². The van der Waals surface area contributed by atoms with E-state index in [1.54, 1.807) is 37.5 Å². The first-order valence-electron chi connectivity index (χ1n) is 5.52. The van der Waals surface area contributed by atoms with Crippen LogP contribution in [-0.2, 0) is 11.0 Å². The molecular weight excluding hydrogens is 239 g/mol. The molecule has 0 unspecified atom stereocenters. The molecule has 0 saturated heterocycles. The van der Waals surface area contributed by atoms with Crippen molar-refractivity contribution in [3.05, 3.63) is 5.82 Å². The van der Waals surface area contributed by atoms with Gasteiger partial charge in [-0.2, -0.15) is 9.44 Å². The summed E-state index contributed by atoms with van der Waals surface area (Å²) < 4.78 is 17.5. The average Bonchev–Trinajstić information content (AvgIpc) is 2.58. The molecule has 1 heterocycles. The van der Waals surface area contributed by atoms with Crippen molar-refractivity contribution in [2.24, 2.45) is 0 Å². The molecule has 0 spiro atoms.